The minimum absolute atomic E-state index is 0.0374. The van der Waals surface area contributed by atoms with Gasteiger partial charge in [-0.05, 0) is 17.5 Å². The number of guanidine groups is 1. The molecule has 1 aliphatic heterocycles. The van der Waals surface area contributed by atoms with Crippen molar-refractivity contribution in [3.8, 4) is 0 Å². The summed E-state index contributed by atoms with van der Waals surface area (Å²) in [5.74, 6) is 1.40. The van der Waals surface area contributed by atoms with E-state index in [1.165, 1.54) is 5.56 Å². The Morgan fingerprint density at radius 2 is 1.77 bits per heavy atom. The molecule has 1 heterocycles. The first-order valence-corrected chi connectivity index (χ1v) is 10.6. The van der Waals surface area contributed by atoms with Crippen LogP contribution in [0.1, 0.15) is 24.0 Å². The maximum Gasteiger partial charge on any atom is 0.222 e. The summed E-state index contributed by atoms with van der Waals surface area (Å²) in [6, 6.07) is 20.2. The lowest BCUT2D eigenvalue weighted by Crippen LogP contribution is -2.41. The molecule has 0 bridgehead atoms. The highest BCUT2D eigenvalue weighted by Gasteiger charge is 2.25. The van der Waals surface area contributed by atoms with E-state index in [1.807, 2.05) is 48.5 Å². The molecule has 0 spiro atoms. The van der Waals surface area contributed by atoms with E-state index in [0.717, 1.165) is 37.6 Å². The molecule has 6 nitrogen and oxygen atoms in total. The molecule has 6 heteroatoms. The average Bonchev–Trinajstić information content (AvgIpc) is 3.25. The standard InChI is InChI=1S/C24H32N4O2/c1-25-24(26-14-12-23(29)27-16-20-8-4-2-5-9-20)28-15-13-22(17-28)19-30-18-21-10-6-3-7-11-21/h2-11,22H,12-19H2,1H3,(H,25,26)(H,27,29). The molecule has 1 saturated heterocycles. The van der Waals surface area contributed by atoms with Gasteiger partial charge in [0, 0.05) is 45.6 Å². The molecular weight excluding hydrogens is 376 g/mol. The fourth-order valence-electron chi connectivity index (χ4n) is 3.58. The van der Waals surface area contributed by atoms with Gasteiger partial charge in [0.2, 0.25) is 5.91 Å². The Morgan fingerprint density at radius 3 is 2.47 bits per heavy atom. The molecule has 30 heavy (non-hydrogen) atoms. The molecule has 0 aromatic heterocycles. The Morgan fingerprint density at radius 1 is 1.07 bits per heavy atom. The van der Waals surface area contributed by atoms with E-state index < -0.39 is 0 Å². The fraction of sp³-hybridized carbons (Fsp3) is 0.417. The number of hydrogen-bond acceptors (Lipinski definition) is 3. The predicted molar refractivity (Wildman–Crippen MR) is 120 cm³/mol. The van der Waals surface area contributed by atoms with Crippen LogP contribution in [0.15, 0.2) is 65.7 Å². The third-order valence-electron chi connectivity index (χ3n) is 5.23. The van der Waals surface area contributed by atoms with Gasteiger partial charge in [-0.2, -0.15) is 0 Å². The van der Waals surface area contributed by atoms with E-state index in [4.69, 9.17) is 4.74 Å². The van der Waals surface area contributed by atoms with Gasteiger partial charge in [0.25, 0.3) is 0 Å². The lowest BCUT2D eigenvalue weighted by atomic mass is 10.1. The molecule has 2 aromatic rings. The van der Waals surface area contributed by atoms with Gasteiger partial charge in [-0.25, -0.2) is 0 Å². The zero-order chi connectivity index (χ0) is 21.0. The molecule has 1 fully saturated rings. The zero-order valence-electron chi connectivity index (χ0n) is 17.7. The zero-order valence-corrected chi connectivity index (χ0v) is 17.7. The Hall–Kier alpha value is -2.86. The van der Waals surface area contributed by atoms with Gasteiger partial charge in [-0.15, -0.1) is 0 Å². The Labute approximate surface area is 179 Å². The SMILES string of the molecule is CN=C(NCCC(=O)NCc1ccccc1)N1CCC(COCc2ccccc2)C1. The number of aliphatic imine (C=N–C) groups is 1. The molecule has 2 aromatic carbocycles. The molecule has 2 N–H and O–H groups in total. The predicted octanol–water partition coefficient (Wildman–Crippen LogP) is 2.81. The van der Waals surface area contributed by atoms with Crippen LogP contribution in [-0.2, 0) is 22.7 Å². The summed E-state index contributed by atoms with van der Waals surface area (Å²) >= 11 is 0. The van der Waals surface area contributed by atoms with Gasteiger partial charge in [0.1, 0.15) is 0 Å². The molecule has 3 rings (SSSR count). The number of amides is 1. The summed E-state index contributed by atoms with van der Waals surface area (Å²) in [6.07, 6.45) is 1.51. The van der Waals surface area contributed by atoms with Gasteiger partial charge in [-0.3, -0.25) is 9.79 Å². The first-order valence-electron chi connectivity index (χ1n) is 10.6. The maximum absolute atomic E-state index is 12.1. The molecule has 0 aliphatic carbocycles. The molecule has 1 atom stereocenters. The molecule has 1 unspecified atom stereocenters. The van der Waals surface area contributed by atoms with Gasteiger partial charge in [-0.1, -0.05) is 60.7 Å². The van der Waals surface area contributed by atoms with Crippen molar-refractivity contribution in [2.24, 2.45) is 10.9 Å². The first-order chi connectivity index (χ1) is 14.7. The van der Waals surface area contributed by atoms with Gasteiger partial charge in [0.05, 0.1) is 13.2 Å². The lowest BCUT2D eigenvalue weighted by Gasteiger charge is -2.21. The topological polar surface area (TPSA) is 66.0 Å². The van der Waals surface area contributed by atoms with Crippen LogP contribution < -0.4 is 10.6 Å². The first kappa shape index (κ1) is 21.8. The number of nitrogens with zero attached hydrogens (tertiary/aromatic N) is 2. The van der Waals surface area contributed by atoms with Crippen LogP contribution in [-0.4, -0.2) is 50.1 Å². The third kappa shape index (κ3) is 7.19. The highest BCUT2D eigenvalue weighted by Crippen LogP contribution is 2.17. The monoisotopic (exact) mass is 408 g/mol. The van der Waals surface area contributed by atoms with Crippen molar-refractivity contribution in [2.45, 2.75) is 26.0 Å². The van der Waals surface area contributed by atoms with E-state index in [2.05, 4.69) is 32.7 Å². The quantitative estimate of drug-likeness (QED) is 0.495. The van der Waals surface area contributed by atoms with E-state index in [1.54, 1.807) is 7.05 Å². The Bertz CT molecular complexity index is 795. The van der Waals surface area contributed by atoms with Crippen molar-refractivity contribution in [1.82, 2.24) is 15.5 Å². The molecule has 1 aliphatic rings. The van der Waals surface area contributed by atoms with Crippen LogP contribution >= 0.6 is 0 Å². The van der Waals surface area contributed by atoms with Gasteiger partial charge >= 0.3 is 0 Å². The highest BCUT2D eigenvalue weighted by molar-refractivity contribution is 5.81. The smallest absolute Gasteiger partial charge is 0.222 e. The largest absolute Gasteiger partial charge is 0.376 e. The summed E-state index contributed by atoms with van der Waals surface area (Å²) < 4.78 is 5.90. The van der Waals surface area contributed by atoms with E-state index >= 15 is 0 Å². The molecule has 0 saturated carbocycles. The molecule has 1 amide bonds. The Balaban J connectivity index is 1.31. The second kappa shape index (κ2) is 12.0. The summed E-state index contributed by atoms with van der Waals surface area (Å²) in [7, 11) is 1.79. The van der Waals surface area contributed by atoms with Crippen molar-refractivity contribution < 1.29 is 9.53 Å². The summed E-state index contributed by atoms with van der Waals surface area (Å²) in [4.78, 5) is 18.7. The normalized spacial score (nSPS) is 16.5. The number of likely N-dealkylation sites (tertiary alicyclic amines) is 1. The van der Waals surface area contributed by atoms with Crippen LogP contribution in [0.4, 0.5) is 0 Å². The molecule has 160 valence electrons. The number of ether oxygens (including phenoxy) is 1. The van der Waals surface area contributed by atoms with E-state index in [0.29, 0.717) is 32.0 Å². The number of nitrogens with one attached hydrogen (secondary N) is 2. The maximum atomic E-state index is 12.1. The minimum Gasteiger partial charge on any atom is -0.376 e. The fourth-order valence-corrected chi connectivity index (χ4v) is 3.58. The van der Waals surface area contributed by atoms with Crippen molar-refractivity contribution >= 4 is 11.9 Å². The van der Waals surface area contributed by atoms with Crippen molar-refractivity contribution in [2.75, 3.05) is 33.3 Å². The van der Waals surface area contributed by atoms with Crippen molar-refractivity contribution in [1.29, 1.82) is 0 Å². The highest BCUT2D eigenvalue weighted by atomic mass is 16.5. The lowest BCUT2D eigenvalue weighted by molar-refractivity contribution is -0.121. The molecular formula is C24H32N4O2. The number of hydrogen-bond donors (Lipinski definition) is 2. The van der Waals surface area contributed by atoms with Gasteiger partial charge < -0.3 is 20.3 Å². The van der Waals surface area contributed by atoms with Crippen LogP contribution in [0.25, 0.3) is 0 Å². The minimum atomic E-state index is 0.0374. The second-order valence-electron chi connectivity index (χ2n) is 7.59. The van der Waals surface area contributed by atoms with Crippen molar-refractivity contribution in [3.63, 3.8) is 0 Å². The molecule has 0 radical (unpaired) electrons. The number of carbonyl (C=O) groups is 1. The number of carbonyl (C=O) groups excluding carboxylic acids is 1. The number of rotatable bonds is 9. The van der Waals surface area contributed by atoms with E-state index in [9.17, 15) is 4.79 Å². The van der Waals surface area contributed by atoms with Gasteiger partial charge in [0.15, 0.2) is 5.96 Å². The number of benzene rings is 2. The summed E-state index contributed by atoms with van der Waals surface area (Å²) in [6.45, 7) is 4.42. The van der Waals surface area contributed by atoms with E-state index in [-0.39, 0.29) is 5.91 Å². The average molecular weight is 409 g/mol. The third-order valence-corrected chi connectivity index (χ3v) is 5.23. The van der Waals surface area contributed by atoms with Crippen LogP contribution in [0.5, 0.6) is 0 Å². The second-order valence-corrected chi connectivity index (χ2v) is 7.59. The Kier molecular flexibility index (Phi) is 8.72. The van der Waals surface area contributed by atoms with Crippen LogP contribution in [0.3, 0.4) is 0 Å². The van der Waals surface area contributed by atoms with Crippen LogP contribution in [0.2, 0.25) is 0 Å². The van der Waals surface area contributed by atoms with Crippen LogP contribution in [0, 0.1) is 5.92 Å². The summed E-state index contributed by atoms with van der Waals surface area (Å²) in [5.41, 5.74) is 2.31. The van der Waals surface area contributed by atoms with Crippen molar-refractivity contribution in [3.05, 3.63) is 71.8 Å². The summed E-state index contributed by atoms with van der Waals surface area (Å²) in [5, 5.41) is 6.27.